The summed E-state index contributed by atoms with van der Waals surface area (Å²) in [6.45, 7) is 5.27. The van der Waals surface area contributed by atoms with E-state index in [0.29, 0.717) is 19.8 Å². The maximum absolute atomic E-state index is 10.5. The Balaban J connectivity index is 1.92. The number of rotatable bonds is 9. The van der Waals surface area contributed by atoms with Gasteiger partial charge in [0.15, 0.2) is 6.29 Å². The van der Waals surface area contributed by atoms with Crippen LogP contribution in [-0.4, -0.2) is 60.7 Å². The lowest BCUT2D eigenvalue weighted by Gasteiger charge is -2.42. The van der Waals surface area contributed by atoms with Crippen molar-refractivity contribution in [1.82, 2.24) is 0 Å². The molecular formula is C18H28O6. The van der Waals surface area contributed by atoms with Crippen LogP contribution in [0, 0.1) is 0 Å². The molecule has 1 unspecified atom stereocenters. The molecular weight excluding hydrogens is 312 g/mol. The summed E-state index contributed by atoms with van der Waals surface area (Å²) in [6.07, 6.45) is -3.27. The predicted molar refractivity (Wildman–Crippen MR) is 88.4 cm³/mol. The summed E-state index contributed by atoms with van der Waals surface area (Å²) in [7, 11) is 0. The van der Waals surface area contributed by atoms with Crippen LogP contribution in [-0.2, 0) is 25.6 Å². The normalized spacial score (nSPS) is 30.4. The molecule has 24 heavy (non-hydrogen) atoms. The molecule has 1 aliphatic rings. The van der Waals surface area contributed by atoms with Crippen molar-refractivity contribution in [2.45, 2.75) is 57.6 Å². The van der Waals surface area contributed by atoms with E-state index in [0.717, 1.165) is 12.0 Å². The molecule has 2 rings (SSSR count). The van der Waals surface area contributed by atoms with E-state index < -0.39 is 30.7 Å². The van der Waals surface area contributed by atoms with Crippen molar-refractivity contribution >= 4 is 0 Å². The van der Waals surface area contributed by atoms with Gasteiger partial charge >= 0.3 is 0 Å². The molecule has 0 bridgehead atoms. The quantitative estimate of drug-likeness (QED) is 0.709. The molecule has 6 nitrogen and oxygen atoms in total. The molecule has 0 amide bonds. The number of aliphatic hydroxyl groups is 2. The van der Waals surface area contributed by atoms with Crippen molar-refractivity contribution in [2.75, 3.05) is 19.8 Å². The van der Waals surface area contributed by atoms with E-state index in [9.17, 15) is 10.2 Å². The van der Waals surface area contributed by atoms with Gasteiger partial charge in [0.2, 0.25) is 0 Å². The van der Waals surface area contributed by atoms with Gasteiger partial charge in [0, 0.05) is 13.2 Å². The highest BCUT2D eigenvalue weighted by Gasteiger charge is 2.46. The van der Waals surface area contributed by atoms with E-state index in [4.69, 9.17) is 18.9 Å². The Hall–Kier alpha value is -1.02. The maximum Gasteiger partial charge on any atom is 0.184 e. The van der Waals surface area contributed by atoms with Gasteiger partial charge in [-0.1, -0.05) is 37.3 Å². The third-order valence-corrected chi connectivity index (χ3v) is 3.90. The molecule has 136 valence electrons. The Morgan fingerprint density at radius 1 is 1.04 bits per heavy atom. The number of hydrogen-bond donors (Lipinski definition) is 2. The number of hydrogen-bond acceptors (Lipinski definition) is 6. The zero-order valence-corrected chi connectivity index (χ0v) is 14.3. The topological polar surface area (TPSA) is 77.4 Å². The molecule has 1 aromatic carbocycles. The van der Waals surface area contributed by atoms with Crippen molar-refractivity contribution in [2.24, 2.45) is 0 Å². The second kappa shape index (κ2) is 10.1. The first-order valence-electron chi connectivity index (χ1n) is 8.53. The molecule has 1 aromatic rings. The number of ether oxygens (including phenoxy) is 4. The molecule has 0 aromatic heterocycles. The van der Waals surface area contributed by atoms with Gasteiger partial charge in [-0.3, -0.25) is 0 Å². The Morgan fingerprint density at radius 2 is 1.79 bits per heavy atom. The molecule has 2 N–H and O–H groups in total. The minimum atomic E-state index is -1.15. The number of benzene rings is 1. The van der Waals surface area contributed by atoms with Crippen LogP contribution in [0.1, 0.15) is 25.8 Å². The molecule has 0 aliphatic carbocycles. The first-order valence-corrected chi connectivity index (χ1v) is 8.53. The molecule has 0 radical (unpaired) electrons. The van der Waals surface area contributed by atoms with Gasteiger partial charge < -0.3 is 29.2 Å². The Morgan fingerprint density at radius 3 is 2.46 bits per heavy atom. The summed E-state index contributed by atoms with van der Waals surface area (Å²) < 4.78 is 22.3. The number of aliphatic hydroxyl groups excluding tert-OH is 2. The molecule has 1 fully saturated rings. The van der Waals surface area contributed by atoms with Gasteiger partial charge in [0.25, 0.3) is 0 Å². The summed E-state index contributed by atoms with van der Waals surface area (Å²) in [6, 6.07) is 9.75. The van der Waals surface area contributed by atoms with Gasteiger partial charge in [0.05, 0.1) is 13.2 Å². The lowest BCUT2D eigenvalue weighted by molar-refractivity contribution is -0.305. The van der Waals surface area contributed by atoms with Crippen molar-refractivity contribution in [1.29, 1.82) is 0 Å². The molecule has 5 atom stereocenters. The van der Waals surface area contributed by atoms with Gasteiger partial charge in [0.1, 0.15) is 24.4 Å². The minimum Gasteiger partial charge on any atom is -0.387 e. The minimum absolute atomic E-state index is 0.165. The Bertz CT molecular complexity index is 454. The summed E-state index contributed by atoms with van der Waals surface area (Å²) in [5.41, 5.74) is 1.04. The second-order valence-corrected chi connectivity index (χ2v) is 5.81. The summed E-state index contributed by atoms with van der Waals surface area (Å²) in [4.78, 5) is 0. The lowest BCUT2D eigenvalue weighted by atomic mass is 9.98. The highest BCUT2D eigenvalue weighted by Crippen LogP contribution is 2.25. The van der Waals surface area contributed by atoms with E-state index in [1.54, 1.807) is 0 Å². The summed E-state index contributed by atoms with van der Waals surface area (Å²) in [5.74, 6) is 0. The second-order valence-electron chi connectivity index (χ2n) is 5.81. The zero-order valence-electron chi connectivity index (χ0n) is 14.3. The summed E-state index contributed by atoms with van der Waals surface area (Å²) in [5, 5.41) is 20.7. The average molecular weight is 340 g/mol. The fourth-order valence-corrected chi connectivity index (χ4v) is 2.73. The predicted octanol–water partition coefficient (Wildman–Crippen LogP) is 1.48. The molecule has 6 heteroatoms. The largest absolute Gasteiger partial charge is 0.387 e. The van der Waals surface area contributed by atoms with Crippen LogP contribution < -0.4 is 0 Å². The fourth-order valence-electron chi connectivity index (χ4n) is 2.73. The van der Waals surface area contributed by atoms with Crippen molar-refractivity contribution in [3.05, 3.63) is 35.9 Å². The van der Waals surface area contributed by atoms with Crippen LogP contribution in [0.15, 0.2) is 30.3 Å². The van der Waals surface area contributed by atoms with Gasteiger partial charge in [-0.05, 0) is 18.9 Å². The van der Waals surface area contributed by atoms with Gasteiger partial charge in [-0.2, -0.15) is 0 Å². The smallest absolute Gasteiger partial charge is 0.184 e. The van der Waals surface area contributed by atoms with E-state index in [2.05, 4.69) is 0 Å². The molecule has 0 spiro atoms. The van der Waals surface area contributed by atoms with E-state index >= 15 is 0 Å². The average Bonchev–Trinajstić information content (AvgIpc) is 2.59. The monoisotopic (exact) mass is 340 g/mol. The highest BCUT2D eigenvalue weighted by atomic mass is 16.7. The molecule has 1 aliphatic heterocycles. The molecule has 1 saturated heterocycles. The van der Waals surface area contributed by atoms with Crippen LogP contribution in [0.3, 0.4) is 0 Å². The van der Waals surface area contributed by atoms with Crippen LogP contribution in [0.4, 0.5) is 0 Å². The van der Waals surface area contributed by atoms with Crippen LogP contribution in [0.25, 0.3) is 0 Å². The SMILES string of the molecule is CCCO[C@H]1[C@H](O)[C@@H](COCc2ccccc2)OC(O)[C@@H]1OCC. The van der Waals surface area contributed by atoms with Crippen LogP contribution in [0.5, 0.6) is 0 Å². The summed E-state index contributed by atoms with van der Waals surface area (Å²) >= 11 is 0. The molecule has 1 heterocycles. The van der Waals surface area contributed by atoms with Gasteiger partial charge in [-0.15, -0.1) is 0 Å². The third kappa shape index (κ3) is 5.24. The molecule has 0 saturated carbocycles. The van der Waals surface area contributed by atoms with Crippen molar-refractivity contribution in [3.63, 3.8) is 0 Å². The first-order chi connectivity index (χ1) is 11.7. The van der Waals surface area contributed by atoms with Gasteiger partial charge in [-0.25, -0.2) is 0 Å². The first kappa shape index (κ1) is 19.3. The van der Waals surface area contributed by atoms with E-state index in [1.807, 2.05) is 44.2 Å². The Kier molecular flexibility index (Phi) is 8.11. The van der Waals surface area contributed by atoms with Crippen LogP contribution in [0.2, 0.25) is 0 Å². The third-order valence-electron chi connectivity index (χ3n) is 3.90. The van der Waals surface area contributed by atoms with Crippen molar-refractivity contribution in [3.8, 4) is 0 Å². The van der Waals surface area contributed by atoms with Crippen LogP contribution >= 0.6 is 0 Å². The standard InChI is InChI=1S/C18H28O6/c1-3-10-23-16-15(19)14(24-18(20)17(16)22-4-2)12-21-11-13-8-6-5-7-9-13/h5-9,14-20H,3-4,10-12H2,1-2H3/t14-,15-,16+,17-,18?/m1/s1. The highest BCUT2D eigenvalue weighted by molar-refractivity contribution is 5.13. The Labute approximate surface area is 143 Å². The zero-order chi connectivity index (χ0) is 17.4. The van der Waals surface area contributed by atoms with Crippen molar-refractivity contribution < 1.29 is 29.2 Å². The maximum atomic E-state index is 10.5. The fraction of sp³-hybridized carbons (Fsp3) is 0.667. The van der Waals surface area contributed by atoms with E-state index in [1.165, 1.54) is 0 Å². The van der Waals surface area contributed by atoms with E-state index in [-0.39, 0.29) is 6.61 Å². The lowest BCUT2D eigenvalue weighted by Crippen LogP contribution is -2.60.